The fourth-order valence-corrected chi connectivity index (χ4v) is 1.84. The van der Waals surface area contributed by atoms with Crippen LogP contribution >= 0.6 is 0 Å². The van der Waals surface area contributed by atoms with Crippen LogP contribution in [0.3, 0.4) is 0 Å². The SMILES string of the molecule is Cc1ccc(OCc2ccccc2C(N)=O)c(N)c1. The van der Waals surface area contributed by atoms with Crippen molar-refractivity contribution in [2.75, 3.05) is 5.73 Å². The van der Waals surface area contributed by atoms with E-state index in [0.717, 1.165) is 11.1 Å². The van der Waals surface area contributed by atoms with Crippen LogP contribution in [0.2, 0.25) is 0 Å². The highest BCUT2D eigenvalue weighted by Crippen LogP contribution is 2.23. The maximum Gasteiger partial charge on any atom is 0.249 e. The lowest BCUT2D eigenvalue weighted by atomic mass is 10.1. The lowest BCUT2D eigenvalue weighted by Crippen LogP contribution is -2.14. The van der Waals surface area contributed by atoms with Gasteiger partial charge in [-0.15, -0.1) is 0 Å². The Morgan fingerprint density at radius 2 is 1.95 bits per heavy atom. The monoisotopic (exact) mass is 256 g/mol. The summed E-state index contributed by atoms with van der Waals surface area (Å²) in [5.74, 6) is 0.140. The molecule has 19 heavy (non-hydrogen) atoms. The maximum absolute atomic E-state index is 11.3. The molecule has 0 aliphatic carbocycles. The molecule has 0 bridgehead atoms. The zero-order valence-electron chi connectivity index (χ0n) is 10.7. The molecule has 0 saturated carbocycles. The fourth-order valence-electron chi connectivity index (χ4n) is 1.84. The summed E-state index contributed by atoms with van der Waals surface area (Å²) in [6.45, 7) is 2.22. The Hall–Kier alpha value is -2.49. The third-order valence-corrected chi connectivity index (χ3v) is 2.83. The summed E-state index contributed by atoms with van der Waals surface area (Å²) in [5, 5.41) is 0. The Balaban J connectivity index is 2.17. The first-order valence-corrected chi connectivity index (χ1v) is 5.94. The van der Waals surface area contributed by atoms with Crippen molar-refractivity contribution in [2.45, 2.75) is 13.5 Å². The van der Waals surface area contributed by atoms with Crippen LogP contribution in [0, 0.1) is 6.92 Å². The number of nitrogens with two attached hydrogens (primary N) is 2. The minimum atomic E-state index is -0.462. The molecular weight excluding hydrogens is 240 g/mol. The average Bonchev–Trinajstić information content (AvgIpc) is 2.38. The van der Waals surface area contributed by atoms with Gasteiger partial charge in [-0.05, 0) is 30.7 Å². The summed E-state index contributed by atoms with van der Waals surface area (Å²) < 4.78 is 5.64. The van der Waals surface area contributed by atoms with Crippen LogP contribution in [0.15, 0.2) is 42.5 Å². The number of amides is 1. The van der Waals surface area contributed by atoms with E-state index in [2.05, 4.69) is 0 Å². The lowest BCUT2D eigenvalue weighted by Gasteiger charge is -2.11. The fraction of sp³-hybridized carbons (Fsp3) is 0.133. The number of hydrogen-bond acceptors (Lipinski definition) is 3. The molecule has 4 N–H and O–H groups in total. The summed E-state index contributed by atoms with van der Waals surface area (Å²) in [5.41, 5.74) is 14.0. The van der Waals surface area contributed by atoms with Crippen LogP contribution in [-0.4, -0.2) is 5.91 Å². The van der Waals surface area contributed by atoms with E-state index in [1.54, 1.807) is 12.1 Å². The molecule has 0 aromatic heterocycles. The van der Waals surface area contributed by atoms with E-state index in [1.807, 2.05) is 37.3 Å². The van der Waals surface area contributed by atoms with E-state index in [0.29, 0.717) is 17.0 Å². The molecular formula is C15H16N2O2. The molecule has 0 atom stereocenters. The van der Waals surface area contributed by atoms with Gasteiger partial charge in [-0.2, -0.15) is 0 Å². The molecule has 0 radical (unpaired) electrons. The number of hydrogen-bond donors (Lipinski definition) is 2. The van der Waals surface area contributed by atoms with Crippen molar-refractivity contribution in [2.24, 2.45) is 5.73 Å². The lowest BCUT2D eigenvalue weighted by molar-refractivity contribution is 0.0998. The van der Waals surface area contributed by atoms with Crippen LogP contribution < -0.4 is 16.2 Å². The minimum absolute atomic E-state index is 0.256. The highest BCUT2D eigenvalue weighted by molar-refractivity contribution is 5.94. The van der Waals surface area contributed by atoms with Gasteiger partial charge in [0.2, 0.25) is 5.91 Å². The van der Waals surface area contributed by atoms with Gasteiger partial charge in [-0.3, -0.25) is 4.79 Å². The predicted octanol–water partition coefficient (Wildman–Crippen LogP) is 2.26. The van der Waals surface area contributed by atoms with Crippen LogP contribution in [0.1, 0.15) is 21.5 Å². The first-order valence-electron chi connectivity index (χ1n) is 5.94. The van der Waals surface area contributed by atoms with Crippen molar-refractivity contribution >= 4 is 11.6 Å². The average molecular weight is 256 g/mol. The Morgan fingerprint density at radius 1 is 1.21 bits per heavy atom. The van der Waals surface area contributed by atoms with Crippen molar-refractivity contribution in [1.29, 1.82) is 0 Å². The molecule has 0 unspecified atom stereocenters. The number of carbonyl (C=O) groups excluding carboxylic acids is 1. The van der Waals surface area contributed by atoms with E-state index < -0.39 is 5.91 Å². The largest absolute Gasteiger partial charge is 0.487 e. The summed E-state index contributed by atoms with van der Waals surface area (Å²) >= 11 is 0. The van der Waals surface area contributed by atoms with E-state index in [-0.39, 0.29) is 6.61 Å². The Morgan fingerprint density at radius 3 is 2.63 bits per heavy atom. The van der Waals surface area contributed by atoms with E-state index in [9.17, 15) is 4.79 Å². The van der Waals surface area contributed by atoms with Gasteiger partial charge in [0, 0.05) is 11.1 Å². The van der Waals surface area contributed by atoms with Crippen molar-refractivity contribution in [3.05, 3.63) is 59.2 Å². The smallest absolute Gasteiger partial charge is 0.249 e. The van der Waals surface area contributed by atoms with Gasteiger partial charge in [-0.1, -0.05) is 24.3 Å². The molecule has 4 heteroatoms. The van der Waals surface area contributed by atoms with E-state index >= 15 is 0 Å². The Kier molecular flexibility index (Phi) is 3.71. The summed E-state index contributed by atoms with van der Waals surface area (Å²) in [4.78, 5) is 11.3. The van der Waals surface area contributed by atoms with Gasteiger partial charge < -0.3 is 16.2 Å². The molecule has 2 aromatic rings. The van der Waals surface area contributed by atoms with Crippen LogP contribution in [0.25, 0.3) is 0 Å². The minimum Gasteiger partial charge on any atom is -0.487 e. The zero-order chi connectivity index (χ0) is 13.8. The molecule has 0 heterocycles. The number of carbonyl (C=O) groups is 1. The standard InChI is InChI=1S/C15H16N2O2/c1-10-6-7-14(13(16)8-10)19-9-11-4-2-3-5-12(11)15(17)18/h2-8H,9,16H2,1H3,(H2,17,18). The molecule has 0 aliphatic rings. The van der Waals surface area contributed by atoms with Gasteiger partial charge in [0.15, 0.2) is 0 Å². The topological polar surface area (TPSA) is 78.3 Å². The van der Waals surface area contributed by atoms with Gasteiger partial charge >= 0.3 is 0 Å². The normalized spacial score (nSPS) is 10.2. The van der Waals surface area contributed by atoms with Crippen molar-refractivity contribution < 1.29 is 9.53 Å². The summed E-state index contributed by atoms with van der Waals surface area (Å²) in [7, 11) is 0. The van der Waals surface area contributed by atoms with E-state index in [1.165, 1.54) is 0 Å². The number of aryl methyl sites for hydroxylation is 1. The van der Waals surface area contributed by atoms with Gasteiger partial charge in [0.1, 0.15) is 12.4 Å². The molecule has 2 rings (SSSR count). The summed E-state index contributed by atoms with van der Waals surface area (Å²) in [6.07, 6.45) is 0. The second-order valence-corrected chi connectivity index (χ2v) is 4.35. The van der Waals surface area contributed by atoms with Crippen molar-refractivity contribution in [3.63, 3.8) is 0 Å². The van der Waals surface area contributed by atoms with E-state index in [4.69, 9.17) is 16.2 Å². The van der Waals surface area contributed by atoms with Crippen LogP contribution in [-0.2, 0) is 6.61 Å². The maximum atomic E-state index is 11.3. The van der Waals surface area contributed by atoms with Gasteiger partial charge in [0.05, 0.1) is 5.69 Å². The molecule has 2 aromatic carbocycles. The molecule has 98 valence electrons. The second kappa shape index (κ2) is 5.44. The van der Waals surface area contributed by atoms with Crippen molar-refractivity contribution in [3.8, 4) is 5.75 Å². The zero-order valence-corrected chi connectivity index (χ0v) is 10.7. The number of ether oxygens (including phenoxy) is 1. The molecule has 1 amide bonds. The highest BCUT2D eigenvalue weighted by atomic mass is 16.5. The third-order valence-electron chi connectivity index (χ3n) is 2.83. The molecule has 0 spiro atoms. The number of benzene rings is 2. The predicted molar refractivity (Wildman–Crippen MR) is 74.9 cm³/mol. The van der Waals surface area contributed by atoms with Crippen molar-refractivity contribution in [1.82, 2.24) is 0 Å². The highest BCUT2D eigenvalue weighted by Gasteiger charge is 2.08. The molecule has 0 aliphatic heterocycles. The van der Waals surface area contributed by atoms with Gasteiger partial charge in [0.25, 0.3) is 0 Å². The Labute approximate surface area is 112 Å². The first-order chi connectivity index (χ1) is 9.08. The molecule has 0 saturated heterocycles. The number of nitrogen functional groups attached to an aromatic ring is 1. The molecule has 0 fully saturated rings. The first kappa shape index (κ1) is 13.0. The van der Waals surface area contributed by atoms with Gasteiger partial charge in [-0.25, -0.2) is 0 Å². The van der Waals surface area contributed by atoms with Crippen LogP contribution in [0.4, 0.5) is 5.69 Å². The molecule has 4 nitrogen and oxygen atoms in total. The number of rotatable bonds is 4. The van der Waals surface area contributed by atoms with Crippen LogP contribution in [0.5, 0.6) is 5.75 Å². The quantitative estimate of drug-likeness (QED) is 0.823. The third kappa shape index (κ3) is 3.04. The second-order valence-electron chi connectivity index (χ2n) is 4.35. The number of anilines is 1. The number of primary amides is 1. The Bertz CT molecular complexity index is 609. The summed E-state index contributed by atoms with van der Waals surface area (Å²) in [6, 6.07) is 12.7.